The van der Waals surface area contributed by atoms with Crippen LogP contribution in [0.3, 0.4) is 0 Å². The minimum absolute atomic E-state index is 0.109. The fraction of sp³-hybridized carbons (Fsp3) is 0.667. The van der Waals surface area contributed by atoms with Gasteiger partial charge in [-0.3, -0.25) is 0 Å². The highest BCUT2D eigenvalue weighted by atomic mass is 16.7. The van der Waals surface area contributed by atoms with Crippen molar-refractivity contribution in [2.45, 2.75) is 26.4 Å². The summed E-state index contributed by atoms with van der Waals surface area (Å²) in [6, 6.07) is 0. The Hall–Kier alpha value is -1.59. The van der Waals surface area contributed by atoms with Gasteiger partial charge in [-0.2, -0.15) is 0 Å². The molecule has 0 saturated heterocycles. The van der Waals surface area contributed by atoms with E-state index in [-0.39, 0.29) is 25.3 Å². The molecule has 0 aromatic carbocycles. The third-order valence-corrected chi connectivity index (χ3v) is 1.73. The van der Waals surface area contributed by atoms with Gasteiger partial charge in [0, 0.05) is 0 Å². The van der Waals surface area contributed by atoms with E-state index in [9.17, 15) is 9.59 Å². The van der Waals surface area contributed by atoms with Crippen LogP contribution in [0.4, 0.5) is 0 Å². The van der Waals surface area contributed by atoms with Crippen molar-refractivity contribution in [2.24, 2.45) is 5.16 Å². The number of hydrogen-bond donors (Lipinski definition) is 0. The predicted molar refractivity (Wildman–Crippen MR) is 50.2 cm³/mol. The van der Waals surface area contributed by atoms with Crippen LogP contribution in [0.25, 0.3) is 0 Å². The van der Waals surface area contributed by atoms with Gasteiger partial charge >= 0.3 is 11.9 Å². The molecule has 1 aliphatic heterocycles. The predicted octanol–water partition coefficient (Wildman–Crippen LogP) is 0.257. The molecule has 0 N–H and O–H groups in total. The molecule has 1 aliphatic rings. The summed E-state index contributed by atoms with van der Waals surface area (Å²) in [5, 5.41) is 3.48. The normalized spacial score (nSPS) is 19.1. The number of rotatable bonds is 4. The van der Waals surface area contributed by atoms with Crippen molar-refractivity contribution in [1.82, 2.24) is 0 Å². The second-order valence-corrected chi connectivity index (χ2v) is 2.81. The zero-order valence-corrected chi connectivity index (χ0v) is 8.69. The summed E-state index contributed by atoms with van der Waals surface area (Å²) in [6.45, 7) is 3.92. The molecule has 6 heteroatoms. The van der Waals surface area contributed by atoms with Gasteiger partial charge in [-0.15, -0.1) is 0 Å². The van der Waals surface area contributed by atoms with E-state index in [0.29, 0.717) is 0 Å². The van der Waals surface area contributed by atoms with Gasteiger partial charge in [-0.05, 0) is 13.8 Å². The maximum absolute atomic E-state index is 11.2. The number of ether oxygens (including phenoxy) is 2. The van der Waals surface area contributed by atoms with Crippen LogP contribution in [-0.2, 0) is 23.9 Å². The molecule has 1 heterocycles. The first kappa shape index (κ1) is 11.5. The fourth-order valence-electron chi connectivity index (χ4n) is 1.07. The highest BCUT2D eigenvalue weighted by Crippen LogP contribution is 2.13. The molecule has 1 atom stereocenters. The lowest BCUT2D eigenvalue weighted by molar-refractivity contribution is -0.154. The lowest BCUT2D eigenvalue weighted by Crippen LogP contribution is -2.25. The Bertz CT molecular complexity index is 286. The topological polar surface area (TPSA) is 74.2 Å². The molecule has 6 nitrogen and oxygen atoms in total. The van der Waals surface area contributed by atoms with Crippen molar-refractivity contribution in [3.05, 3.63) is 0 Å². The monoisotopic (exact) mass is 215 g/mol. The van der Waals surface area contributed by atoms with Crippen LogP contribution in [0.15, 0.2) is 5.16 Å². The van der Waals surface area contributed by atoms with Crippen molar-refractivity contribution < 1.29 is 23.9 Å². The van der Waals surface area contributed by atoms with Crippen molar-refractivity contribution in [3.63, 3.8) is 0 Å². The van der Waals surface area contributed by atoms with Crippen LogP contribution >= 0.6 is 0 Å². The molecule has 84 valence electrons. The first-order chi connectivity index (χ1) is 7.19. The maximum Gasteiger partial charge on any atom is 0.356 e. The van der Waals surface area contributed by atoms with Gasteiger partial charge < -0.3 is 14.3 Å². The van der Waals surface area contributed by atoms with Gasteiger partial charge in [0.1, 0.15) is 0 Å². The Balaban J connectivity index is 2.43. The lowest BCUT2D eigenvalue weighted by Gasteiger charge is -2.05. The van der Waals surface area contributed by atoms with Gasteiger partial charge in [-0.1, -0.05) is 5.16 Å². The SMILES string of the molecule is CCOC(=O)C1=NO[C@H](C(=O)OCC)C1. The van der Waals surface area contributed by atoms with Crippen molar-refractivity contribution >= 4 is 17.7 Å². The van der Waals surface area contributed by atoms with E-state index in [4.69, 9.17) is 14.3 Å². The minimum atomic E-state index is -0.815. The standard InChI is InChI=1S/C9H13NO5/c1-3-13-8(11)6-5-7(15-10-6)9(12)14-4-2/h7H,3-5H2,1-2H3/t7-/m0/s1. The van der Waals surface area contributed by atoms with Crippen molar-refractivity contribution in [2.75, 3.05) is 13.2 Å². The van der Waals surface area contributed by atoms with Crippen LogP contribution in [0, 0.1) is 0 Å². The summed E-state index contributed by atoms with van der Waals surface area (Å²) < 4.78 is 9.44. The van der Waals surface area contributed by atoms with E-state index in [2.05, 4.69) is 5.16 Å². The quantitative estimate of drug-likeness (QED) is 0.629. The van der Waals surface area contributed by atoms with E-state index >= 15 is 0 Å². The molecule has 0 amide bonds. The van der Waals surface area contributed by atoms with Crippen LogP contribution in [-0.4, -0.2) is 37.0 Å². The van der Waals surface area contributed by atoms with E-state index in [1.54, 1.807) is 13.8 Å². The first-order valence-corrected chi connectivity index (χ1v) is 4.75. The summed E-state index contributed by atoms with van der Waals surface area (Å²) in [7, 11) is 0. The van der Waals surface area contributed by atoms with Crippen molar-refractivity contribution in [3.8, 4) is 0 Å². The smallest absolute Gasteiger partial charge is 0.356 e. The average molecular weight is 215 g/mol. The van der Waals surface area contributed by atoms with E-state index in [1.165, 1.54) is 0 Å². The molecule has 0 aliphatic carbocycles. The number of carbonyl (C=O) groups is 2. The Morgan fingerprint density at radius 1 is 1.40 bits per heavy atom. The third kappa shape index (κ3) is 2.93. The maximum atomic E-state index is 11.2. The molecule has 0 aromatic heterocycles. The molecule has 1 rings (SSSR count). The lowest BCUT2D eigenvalue weighted by atomic mass is 10.2. The Morgan fingerprint density at radius 2 is 2.07 bits per heavy atom. The zero-order chi connectivity index (χ0) is 11.3. The second kappa shape index (κ2) is 5.33. The first-order valence-electron chi connectivity index (χ1n) is 4.75. The van der Waals surface area contributed by atoms with E-state index < -0.39 is 18.0 Å². The molecule has 0 spiro atoms. The molecule has 0 bridgehead atoms. The van der Waals surface area contributed by atoms with Crippen LogP contribution in [0.5, 0.6) is 0 Å². The Labute approximate surface area is 87.2 Å². The van der Waals surface area contributed by atoms with Crippen LogP contribution < -0.4 is 0 Å². The molecule has 0 fully saturated rings. The summed E-state index contributed by atoms with van der Waals surface area (Å²) in [6.07, 6.45) is -0.707. The van der Waals surface area contributed by atoms with Gasteiger partial charge in [0.25, 0.3) is 0 Å². The Kier molecular flexibility index (Phi) is 4.08. The van der Waals surface area contributed by atoms with Crippen LogP contribution in [0.1, 0.15) is 20.3 Å². The molecular weight excluding hydrogens is 202 g/mol. The third-order valence-electron chi connectivity index (χ3n) is 1.73. The summed E-state index contributed by atoms with van der Waals surface area (Å²) >= 11 is 0. The van der Waals surface area contributed by atoms with Crippen molar-refractivity contribution in [1.29, 1.82) is 0 Å². The highest BCUT2D eigenvalue weighted by Gasteiger charge is 2.33. The number of carbonyl (C=O) groups excluding carboxylic acids is 2. The fourth-order valence-corrected chi connectivity index (χ4v) is 1.07. The molecule has 0 unspecified atom stereocenters. The molecular formula is C9H13NO5. The Morgan fingerprint density at radius 3 is 2.67 bits per heavy atom. The molecule has 0 aromatic rings. The molecule has 0 radical (unpaired) electrons. The van der Waals surface area contributed by atoms with Gasteiger partial charge in [0.2, 0.25) is 6.10 Å². The van der Waals surface area contributed by atoms with E-state index in [1.807, 2.05) is 0 Å². The van der Waals surface area contributed by atoms with Crippen LogP contribution in [0.2, 0.25) is 0 Å². The summed E-state index contributed by atoms with van der Waals surface area (Å²) in [4.78, 5) is 27.1. The minimum Gasteiger partial charge on any atom is -0.463 e. The summed E-state index contributed by atoms with van der Waals surface area (Å²) in [5.41, 5.74) is 0.120. The number of nitrogens with zero attached hydrogens (tertiary/aromatic N) is 1. The van der Waals surface area contributed by atoms with Gasteiger partial charge in [-0.25, -0.2) is 9.59 Å². The zero-order valence-electron chi connectivity index (χ0n) is 8.69. The van der Waals surface area contributed by atoms with Gasteiger partial charge in [0.15, 0.2) is 5.71 Å². The molecule has 15 heavy (non-hydrogen) atoms. The highest BCUT2D eigenvalue weighted by molar-refractivity contribution is 6.37. The van der Waals surface area contributed by atoms with Gasteiger partial charge in [0.05, 0.1) is 19.6 Å². The molecule has 0 saturated carbocycles. The average Bonchev–Trinajstić information content (AvgIpc) is 2.67. The number of hydrogen-bond acceptors (Lipinski definition) is 6. The number of esters is 2. The second-order valence-electron chi connectivity index (χ2n) is 2.81. The number of oxime groups is 1. The van der Waals surface area contributed by atoms with E-state index in [0.717, 1.165) is 0 Å². The summed E-state index contributed by atoms with van der Waals surface area (Å²) in [5.74, 6) is -1.06. The largest absolute Gasteiger partial charge is 0.463 e.